The Labute approximate surface area is 299 Å². The summed E-state index contributed by atoms with van der Waals surface area (Å²) >= 11 is -0.0927. The quantitative estimate of drug-likeness (QED) is 0.0826. The summed E-state index contributed by atoms with van der Waals surface area (Å²) in [5.41, 5.74) is 0. The van der Waals surface area contributed by atoms with Gasteiger partial charge < -0.3 is 0 Å². The van der Waals surface area contributed by atoms with E-state index in [9.17, 15) is 0 Å². The average Bonchev–Trinajstić information content (AvgIpc) is 3.76. The van der Waals surface area contributed by atoms with E-state index >= 15 is 0 Å². The standard InChI is InChI=1S/C16H20S2Si.6C4H9.2Sn/c1-3-5-11-19(12-6-4-2)13-7-9-17-15(13)16-14(19)8-10-18-16;6*1-3-4-2;;/h7-8H,3-6,11-12H2,1-2H3;6*1,3-4H2,2H3;;. The Morgan fingerprint density at radius 3 is 0.933 bits per heavy atom. The minimum atomic E-state index is -2.48. The third-order valence-electron chi connectivity index (χ3n) is 11.7. The summed E-state index contributed by atoms with van der Waals surface area (Å²) in [6.45, 7) is 19.6. The van der Waals surface area contributed by atoms with Gasteiger partial charge in [0.05, 0.1) is 0 Å². The van der Waals surface area contributed by atoms with Gasteiger partial charge in [-0.05, 0) is 0 Å². The van der Waals surface area contributed by atoms with E-state index in [1.54, 1.807) is 26.6 Å². The van der Waals surface area contributed by atoms with Crippen molar-refractivity contribution in [3.63, 3.8) is 0 Å². The molecule has 0 saturated heterocycles. The molecule has 1 aliphatic rings. The molecular weight excluding hydrogens is 810 g/mol. The van der Waals surface area contributed by atoms with Gasteiger partial charge in [0.2, 0.25) is 0 Å². The van der Waals surface area contributed by atoms with Gasteiger partial charge in [0, 0.05) is 0 Å². The molecule has 3 rings (SSSR count). The van der Waals surface area contributed by atoms with Crippen LogP contribution in [0.2, 0.25) is 38.7 Å². The normalized spacial score (nSPS) is 14.3. The molecule has 258 valence electrons. The van der Waals surface area contributed by atoms with E-state index in [1.807, 2.05) is 25.9 Å². The zero-order valence-electron chi connectivity index (χ0n) is 31.4. The predicted octanol–water partition coefficient (Wildman–Crippen LogP) is 13.1. The molecule has 5 heteroatoms. The maximum absolute atomic E-state index is 3.02. The first kappa shape index (κ1) is 40.6. The van der Waals surface area contributed by atoms with Crippen molar-refractivity contribution in [2.24, 2.45) is 0 Å². The molecule has 0 bridgehead atoms. The Kier molecular flexibility index (Phi) is 18.8. The SMILES string of the molecule is CCCC[Si]1(CCCC)c2c[c]([Sn]([CH2]CCC)([CH2]CCC)[CH2]CCC)sc2-c2s[c]([Sn]([CH2]CCC)([CH2]CCC)[CH2]CCC)cc21. The van der Waals surface area contributed by atoms with Crippen LogP contribution in [0, 0.1) is 0 Å². The van der Waals surface area contributed by atoms with E-state index < -0.39 is 44.8 Å². The van der Waals surface area contributed by atoms with Crippen LogP contribution in [0.1, 0.15) is 158 Å². The Hall–Kier alpha value is 1.21. The van der Waals surface area contributed by atoms with Crippen LogP contribution in [0.5, 0.6) is 0 Å². The van der Waals surface area contributed by atoms with Gasteiger partial charge in [0.25, 0.3) is 0 Å². The first-order chi connectivity index (χ1) is 21.9. The molecule has 0 N–H and O–H groups in total. The number of unbranched alkanes of at least 4 members (excludes halogenated alkanes) is 8. The van der Waals surface area contributed by atoms with Crippen molar-refractivity contribution >= 4 is 83.7 Å². The van der Waals surface area contributed by atoms with Crippen LogP contribution in [0.25, 0.3) is 9.75 Å². The summed E-state index contributed by atoms with van der Waals surface area (Å²) in [6, 6.07) is 9.09. The molecule has 45 heavy (non-hydrogen) atoms. The third kappa shape index (κ3) is 9.72. The van der Waals surface area contributed by atoms with Gasteiger partial charge in [0.15, 0.2) is 0 Å². The number of fused-ring (bicyclic) bond motifs is 3. The molecule has 0 amide bonds. The van der Waals surface area contributed by atoms with Gasteiger partial charge in [-0.2, -0.15) is 0 Å². The fourth-order valence-electron chi connectivity index (χ4n) is 8.70. The van der Waals surface area contributed by atoms with Gasteiger partial charge in [-0.1, -0.05) is 0 Å². The van der Waals surface area contributed by atoms with Crippen LogP contribution < -0.4 is 16.2 Å². The van der Waals surface area contributed by atoms with Crippen molar-refractivity contribution in [1.29, 1.82) is 0 Å². The van der Waals surface area contributed by atoms with Crippen molar-refractivity contribution in [1.82, 2.24) is 0 Å². The number of hydrogen-bond donors (Lipinski definition) is 0. The first-order valence-electron chi connectivity index (χ1n) is 20.2. The molecule has 0 fully saturated rings. The number of hydrogen-bond acceptors (Lipinski definition) is 2. The first-order valence-corrected chi connectivity index (χ1v) is 39.2. The Morgan fingerprint density at radius 2 is 0.689 bits per heavy atom. The zero-order chi connectivity index (χ0) is 32.8. The number of rotatable bonds is 26. The van der Waals surface area contributed by atoms with Crippen molar-refractivity contribution < 1.29 is 0 Å². The summed E-state index contributed by atoms with van der Waals surface area (Å²) in [6.07, 6.45) is 22.8. The topological polar surface area (TPSA) is 0 Å². The third-order valence-corrected chi connectivity index (χ3v) is 56.2. The van der Waals surface area contributed by atoms with Gasteiger partial charge in [0.1, 0.15) is 0 Å². The van der Waals surface area contributed by atoms with Crippen molar-refractivity contribution in [3.05, 3.63) is 12.1 Å². The van der Waals surface area contributed by atoms with Gasteiger partial charge in [-0.15, -0.1) is 0 Å². The summed E-state index contributed by atoms with van der Waals surface area (Å²) in [5, 5.41) is 3.97. The Balaban J connectivity index is 2.29. The molecule has 0 aliphatic carbocycles. The van der Waals surface area contributed by atoms with E-state index in [1.165, 1.54) is 115 Å². The van der Waals surface area contributed by atoms with E-state index in [2.05, 4.69) is 90.2 Å². The second-order valence-corrected chi connectivity index (χ2v) is 49.8. The van der Waals surface area contributed by atoms with Gasteiger partial charge in [-0.3, -0.25) is 0 Å². The molecule has 0 nitrogen and oxygen atoms in total. The van der Waals surface area contributed by atoms with Crippen LogP contribution in [0.15, 0.2) is 12.1 Å². The van der Waals surface area contributed by atoms with E-state index in [0.29, 0.717) is 0 Å². The molecule has 2 aromatic heterocycles. The van der Waals surface area contributed by atoms with Crippen LogP contribution in [0.4, 0.5) is 0 Å². The van der Waals surface area contributed by atoms with E-state index in [4.69, 9.17) is 0 Å². The zero-order valence-corrected chi connectivity index (χ0v) is 39.8. The molecule has 1 aliphatic heterocycles. The Bertz CT molecular complexity index is 972. The van der Waals surface area contributed by atoms with Crippen LogP contribution in [-0.2, 0) is 0 Å². The molecule has 0 aromatic carbocycles. The number of thiophene rings is 2. The summed E-state index contributed by atoms with van der Waals surface area (Å²) in [7, 11) is -1.73. The van der Waals surface area contributed by atoms with E-state index in [-0.39, 0.29) is 0 Å². The van der Waals surface area contributed by atoms with Crippen LogP contribution in [-0.4, -0.2) is 44.8 Å². The summed E-state index contributed by atoms with van der Waals surface area (Å²) in [5.74, 6) is 0. The molecular formula is C40H74S2SiSn2. The van der Waals surface area contributed by atoms with Crippen molar-refractivity contribution in [2.75, 3.05) is 0 Å². The fourth-order valence-corrected chi connectivity index (χ4v) is 57.4. The van der Waals surface area contributed by atoms with Crippen molar-refractivity contribution in [3.8, 4) is 9.75 Å². The second-order valence-electron chi connectivity index (χ2n) is 15.2. The fraction of sp³-hybridized carbons (Fsp3) is 0.800. The van der Waals surface area contributed by atoms with Gasteiger partial charge >= 0.3 is 302 Å². The maximum atomic E-state index is 3.02. The van der Waals surface area contributed by atoms with Crippen LogP contribution >= 0.6 is 22.7 Å². The minimum absolute atomic E-state index is 1.36. The molecule has 2 aromatic rings. The molecule has 0 radical (unpaired) electrons. The van der Waals surface area contributed by atoms with Crippen LogP contribution in [0.3, 0.4) is 0 Å². The molecule has 0 unspecified atom stereocenters. The molecule has 0 atom stereocenters. The van der Waals surface area contributed by atoms with Gasteiger partial charge in [-0.25, -0.2) is 0 Å². The summed E-state index contributed by atoms with van der Waals surface area (Å²) in [4.78, 5) is 3.73. The second kappa shape index (κ2) is 20.8. The van der Waals surface area contributed by atoms with E-state index in [0.717, 1.165) is 0 Å². The Morgan fingerprint density at radius 1 is 0.422 bits per heavy atom. The molecule has 3 heterocycles. The molecule has 0 spiro atoms. The monoisotopic (exact) mass is 886 g/mol. The summed E-state index contributed by atoms with van der Waals surface area (Å²) < 4.78 is 13.8. The predicted molar refractivity (Wildman–Crippen MR) is 221 cm³/mol. The molecule has 0 saturated carbocycles. The average molecular weight is 885 g/mol. The van der Waals surface area contributed by atoms with Crippen molar-refractivity contribution in [2.45, 2.75) is 197 Å².